The van der Waals surface area contributed by atoms with Gasteiger partial charge in [0, 0.05) is 0 Å². The van der Waals surface area contributed by atoms with Crippen LogP contribution in [0.5, 0.6) is 5.75 Å². The summed E-state index contributed by atoms with van der Waals surface area (Å²) in [6.45, 7) is 0. The summed E-state index contributed by atoms with van der Waals surface area (Å²) >= 11 is 0. The highest BCUT2D eigenvalue weighted by Crippen LogP contribution is 2.33. The van der Waals surface area contributed by atoms with E-state index in [4.69, 9.17) is 0 Å². The van der Waals surface area contributed by atoms with Crippen molar-refractivity contribution >= 4 is 10.1 Å². The lowest BCUT2D eigenvalue weighted by atomic mass is 10.2. The molecule has 0 heterocycles. The molecule has 0 saturated carbocycles. The number of rotatable bonds is 3. The first-order valence-electron chi connectivity index (χ1n) is 5.67. The van der Waals surface area contributed by atoms with Crippen LogP contribution in [0.4, 0.5) is 22.0 Å². The second-order valence-electron chi connectivity index (χ2n) is 4.11. The molecule has 0 atom stereocenters. The van der Waals surface area contributed by atoms with Crippen LogP contribution < -0.4 is 4.18 Å². The van der Waals surface area contributed by atoms with Gasteiger partial charge in [-0.25, -0.2) is 8.78 Å². The minimum absolute atomic E-state index is 0.0888. The molecule has 0 aromatic heterocycles. The molecule has 0 aliphatic rings. The Hall–Kier alpha value is -2.16. The Bertz CT molecular complexity index is 800. The van der Waals surface area contributed by atoms with E-state index in [1.54, 1.807) is 0 Å². The molecule has 118 valence electrons. The van der Waals surface area contributed by atoms with Gasteiger partial charge in [-0.1, -0.05) is 12.1 Å². The second-order valence-corrected chi connectivity index (χ2v) is 5.65. The predicted octanol–water partition coefficient (Wildman–Crippen LogP) is 3.75. The molecule has 0 N–H and O–H groups in total. The topological polar surface area (TPSA) is 43.4 Å². The summed E-state index contributed by atoms with van der Waals surface area (Å²) in [5.74, 6) is -3.32. The van der Waals surface area contributed by atoms with Crippen LogP contribution in [-0.4, -0.2) is 8.42 Å². The number of hydrogen-bond donors (Lipinski definition) is 0. The van der Waals surface area contributed by atoms with Crippen molar-refractivity contribution in [3.05, 3.63) is 59.7 Å². The van der Waals surface area contributed by atoms with Crippen molar-refractivity contribution in [1.82, 2.24) is 0 Å². The molecule has 22 heavy (non-hydrogen) atoms. The van der Waals surface area contributed by atoms with E-state index in [-0.39, 0.29) is 6.07 Å². The van der Waals surface area contributed by atoms with Crippen molar-refractivity contribution in [2.24, 2.45) is 0 Å². The van der Waals surface area contributed by atoms with Crippen LogP contribution in [0.15, 0.2) is 47.4 Å². The van der Waals surface area contributed by atoms with E-state index in [2.05, 4.69) is 4.18 Å². The van der Waals surface area contributed by atoms with Crippen molar-refractivity contribution in [1.29, 1.82) is 0 Å². The van der Waals surface area contributed by atoms with E-state index < -0.39 is 44.1 Å². The van der Waals surface area contributed by atoms with Crippen LogP contribution in [0.3, 0.4) is 0 Å². The van der Waals surface area contributed by atoms with Gasteiger partial charge in [0.1, 0.15) is 10.7 Å². The number of alkyl halides is 3. The monoisotopic (exact) mass is 338 g/mol. The molecule has 0 aliphatic carbocycles. The number of halogens is 5. The maximum absolute atomic E-state index is 13.3. The standard InChI is InChI=1S/C13H7F5O3S/c14-10-6-5-8(7-9(10)13(16,17)18)22(19,20)21-12-4-2-1-3-11(12)15/h1-7H. The molecule has 0 bridgehead atoms. The molecule has 2 aromatic rings. The maximum Gasteiger partial charge on any atom is 0.419 e. The van der Waals surface area contributed by atoms with Crippen LogP contribution in [0.1, 0.15) is 5.56 Å². The van der Waals surface area contributed by atoms with Gasteiger partial charge in [0.2, 0.25) is 0 Å². The fraction of sp³-hybridized carbons (Fsp3) is 0.0769. The van der Waals surface area contributed by atoms with Crippen molar-refractivity contribution < 1.29 is 34.6 Å². The zero-order valence-electron chi connectivity index (χ0n) is 10.6. The van der Waals surface area contributed by atoms with Crippen molar-refractivity contribution in [3.63, 3.8) is 0 Å². The smallest absolute Gasteiger partial charge is 0.376 e. The normalized spacial score (nSPS) is 12.2. The summed E-state index contributed by atoms with van der Waals surface area (Å²) < 4.78 is 92.3. The van der Waals surface area contributed by atoms with Crippen molar-refractivity contribution in [2.75, 3.05) is 0 Å². The van der Waals surface area contributed by atoms with Gasteiger partial charge >= 0.3 is 16.3 Å². The van der Waals surface area contributed by atoms with Gasteiger partial charge in [-0.2, -0.15) is 21.6 Å². The molecule has 2 aromatic carbocycles. The van der Waals surface area contributed by atoms with E-state index >= 15 is 0 Å². The summed E-state index contributed by atoms with van der Waals surface area (Å²) in [7, 11) is -4.74. The van der Waals surface area contributed by atoms with Gasteiger partial charge in [0.15, 0.2) is 11.6 Å². The minimum atomic E-state index is -5.08. The summed E-state index contributed by atoms with van der Waals surface area (Å²) in [5, 5.41) is 0. The van der Waals surface area contributed by atoms with E-state index in [1.165, 1.54) is 12.1 Å². The Morgan fingerprint density at radius 1 is 0.909 bits per heavy atom. The van der Waals surface area contributed by atoms with Gasteiger partial charge in [-0.15, -0.1) is 0 Å². The molecular weight excluding hydrogens is 331 g/mol. The largest absolute Gasteiger partial charge is 0.419 e. The predicted molar refractivity (Wildman–Crippen MR) is 65.6 cm³/mol. The van der Waals surface area contributed by atoms with Crippen LogP contribution in [-0.2, 0) is 16.3 Å². The van der Waals surface area contributed by atoms with Crippen molar-refractivity contribution in [2.45, 2.75) is 11.1 Å². The van der Waals surface area contributed by atoms with Crippen LogP contribution in [0.25, 0.3) is 0 Å². The highest BCUT2D eigenvalue weighted by Gasteiger charge is 2.35. The zero-order chi connectivity index (χ0) is 16.5. The van der Waals surface area contributed by atoms with Gasteiger partial charge in [-0.05, 0) is 30.3 Å². The molecule has 3 nitrogen and oxygen atoms in total. The van der Waals surface area contributed by atoms with Crippen LogP contribution in [0, 0.1) is 11.6 Å². The molecule has 0 radical (unpaired) electrons. The second kappa shape index (κ2) is 5.56. The van der Waals surface area contributed by atoms with E-state index in [0.29, 0.717) is 12.1 Å². The van der Waals surface area contributed by atoms with E-state index in [0.717, 1.165) is 12.1 Å². The van der Waals surface area contributed by atoms with Gasteiger partial charge in [-0.3, -0.25) is 0 Å². The summed E-state index contributed by atoms with van der Waals surface area (Å²) in [4.78, 5) is -0.940. The van der Waals surface area contributed by atoms with Gasteiger partial charge in [0.05, 0.1) is 5.56 Å². The lowest BCUT2D eigenvalue weighted by Crippen LogP contribution is -2.14. The first-order chi connectivity index (χ1) is 10.1. The molecule has 0 spiro atoms. The molecule has 0 saturated heterocycles. The fourth-order valence-corrected chi connectivity index (χ4v) is 2.52. The van der Waals surface area contributed by atoms with Crippen LogP contribution in [0.2, 0.25) is 0 Å². The number of hydrogen-bond acceptors (Lipinski definition) is 3. The first kappa shape index (κ1) is 16.2. The molecule has 0 fully saturated rings. The van der Waals surface area contributed by atoms with E-state index in [9.17, 15) is 30.4 Å². The highest BCUT2D eigenvalue weighted by atomic mass is 32.2. The Balaban J connectivity index is 2.45. The van der Waals surface area contributed by atoms with Crippen LogP contribution >= 0.6 is 0 Å². The fourth-order valence-electron chi connectivity index (χ4n) is 1.56. The zero-order valence-corrected chi connectivity index (χ0v) is 11.4. The average molecular weight is 338 g/mol. The summed E-state index contributed by atoms with van der Waals surface area (Å²) in [5.41, 5.74) is -1.76. The molecular formula is C13H7F5O3S. The van der Waals surface area contributed by atoms with Gasteiger partial charge < -0.3 is 4.18 Å². The third-order valence-corrected chi connectivity index (χ3v) is 3.80. The highest BCUT2D eigenvalue weighted by molar-refractivity contribution is 7.87. The molecule has 2 rings (SSSR count). The summed E-state index contributed by atoms with van der Waals surface area (Å²) in [6, 6.07) is 5.48. The number of benzene rings is 2. The Kier molecular flexibility index (Phi) is 4.10. The molecule has 0 amide bonds. The lowest BCUT2D eigenvalue weighted by molar-refractivity contribution is -0.140. The maximum atomic E-state index is 13.3. The molecule has 0 aliphatic heterocycles. The minimum Gasteiger partial charge on any atom is -0.376 e. The molecule has 9 heteroatoms. The Morgan fingerprint density at radius 3 is 2.14 bits per heavy atom. The van der Waals surface area contributed by atoms with E-state index in [1.807, 2.05) is 0 Å². The average Bonchev–Trinajstić information content (AvgIpc) is 2.40. The number of para-hydroxylation sites is 1. The Morgan fingerprint density at radius 2 is 1.55 bits per heavy atom. The third kappa shape index (κ3) is 3.35. The van der Waals surface area contributed by atoms with Gasteiger partial charge in [0.25, 0.3) is 0 Å². The third-order valence-electron chi connectivity index (χ3n) is 2.57. The first-order valence-corrected chi connectivity index (χ1v) is 7.08. The molecule has 0 unspecified atom stereocenters. The Labute approximate surface area is 122 Å². The summed E-state index contributed by atoms with van der Waals surface area (Å²) in [6.07, 6.45) is -5.08. The van der Waals surface area contributed by atoms with Crippen molar-refractivity contribution in [3.8, 4) is 5.75 Å². The lowest BCUT2D eigenvalue weighted by Gasteiger charge is -2.11. The quantitative estimate of drug-likeness (QED) is 0.632. The SMILES string of the molecule is O=S(=O)(Oc1ccccc1F)c1ccc(F)c(C(F)(F)F)c1.